The van der Waals surface area contributed by atoms with Gasteiger partial charge >= 0.3 is 5.97 Å². The molecule has 0 aromatic carbocycles. The number of nitrogens with zero attached hydrogens (tertiary/aromatic N) is 1. The van der Waals surface area contributed by atoms with Gasteiger partial charge in [-0.25, -0.2) is 4.79 Å². The van der Waals surface area contributed by atoms with Crippen molar-refractivity contribution in [3.05, 3.63) is 24.0 Å². The minimum absolute atomic E-state index is 0.232. The highest BCUT2D eigenvalue weighted by atomic mass is 16.4. The van der Waals surface area contributed by atoms with Crippen LogP contribution in [-0.2, 0) is 4.79 Å². The van der Waals surface area contributed by atoms with Crippen LogP contribution < -0.4 is 0 Å². The highest BCUT2D eigenvalue weighted by Crippen LogP contribution is 2.19. The van der Waals surface area contributed by atoms with Gasteiger partial charge < -0.3 is 15.0 Å². The zero-order valence-electron chi connectivity index (χ0n) is 8.14. The molecule has 1 aromatic rings. The molecule has 1 aliphatic rings. The number of rotatable bonds is 2. The summed E-state index contributed by atoms with van der Waals surface area (Å²) in [5.74, 6) is -1.16. The van der Waals surface area contributed by atoms with Gasteiger partial charge in [-0.15, -0.1) is 0 Å². The smallest absolute Gasteiger partial charge is 0.326 e. The first-order chi connectivity index (χ1) is 7.20. The number of aromatic amines is 1. The van der Waals surface area contributed by atoms with Crippen LogP contribution in [0.2, 0.25) is 0 Å². The van der Waals surface area contributed by atoms with Gasteiger partial charge in [-0.05, 0) is 25.0 Å². The van der Waals surface area contributed by atoms with Crippen molar-refractivity contribution in [2.24, 2.45) is 0 Å². The molecule has 0 radical (unpaired) electrons. The number of carbonyl (C=O) groups excluding carboxylic acids is 1. The number of hydrogen-bond acceptors (Lipinski definition) is 2. The number of aromatic nitrogens is 1. The second-order valence-corrected chi connectivity index (χ2v) is 3.58. The summed E-state index contributed by atoms with van der Waals surface area (Å²) in [6.45, 7) is 0.523. The molecule has 80 valence electrons. The summed E-state index contributed by atoms with van der Waals surface area (Å²) >= 11 is 0. The fourth-order valence-corrected chi connectivity index (χ4v) is 1.88. The molecule has 1 saturated heterocycles. The Morgan fingerprint density at radius 3 is 2.93 bits per heavy atom. The molecule has 1 fully saturated rings. The molecule has 5 nitrogen and oxygen atoms in total. The number of likely N-dealkylation sites (tertiary alicyclic amines) is 1. The second kappa shape index (κ2) is 3.76. The third kappa shape index (κ3) is 1.72. The molecule has 1 aromatic heterocycles. The SMILES string of the molecule is O=C(O)C1CCCN1C(=O)c1ccc[nH]1. The van der Waals surface area contributed by atoms with E-state index in [1.54, 1.807) is 18.3 Å². The Morgan fingerprint density at radius 2 is 2.33 bits per heavy atom. The molecule has 1 aliphatic heterocycles. The van der Waals surface area contributed by atoms with Crippen molar-refractivity contribution in [1.82, 2.24) is 9.88 Å². The lowest BCUT2D eigenvalue weighted by Gasteiger charge is -2.20. The number of carbonyl (C=O) groups is 2. The number of hydrogen-bond donors (Lipinski definition) is 2. The van der Waals surface area contributed by atoms with Crippen LogP contribution in [0.4, 0.5) is 0 Å². The lowest BCUT2D eigenvalue weighted by molar-refractivity contribution is -0.141. The number of H-pyrrole nitrogens is 1. The average molecular weight is 208 g/mol. The first-order valence-corrected chi connectivity index (χ1v) is 4.87. The number of amides is 1. The Kier molecular flexibility index (Phi) is 2.45. The maximum atomic E-state index is 11.9. The second-order valence-electron chi connectivity index (χ2n) is 3.58. The lowest BCUT2D eigenvalue weighted by Crippen LogP contribution is -2.40. The van der Waals surface area contributed by atoms with Gasteiger partial charge in [-0.2, -0.15) is 0 Å². The Labute approximate surface area is 86.7 Å². The minimum atomic E-state index is -0.924. The molecule has 1 unspecified atom stereocenters. The highest BCUT2D eigenvalue weighted by molar-refractivity contribution is 5.95. The summed E-state index contributed by atoms with van der Waals surface area (Å²) in [5.41, 5.74) is 0.447. The number of carboxylic acids is 1. The molecule has 0 saturated carbocycles. The quantitative estimate of drug-likeness (QED) is 0.751. The molecule has 5 heteroatoms. The van der Waals surface area contributed by atoms with Crippen LogP contribution in [0.5, 0.6) is 0 Å². The van der Waals surface area contributed by atoms with Crippen molar-refractivity contribution in [3.8, 4) is 0 Å². The van der Waals surface area contributed by atoms with E-state index >= 15 is 0 Å². The van der Waals surface area contributed by atoms with Gasteiger partial charge in [0, 0.05) is 12.7 Å². The summed E-state index contributed by atoms with van der Waals surface area (Å²) < 4.78 is 0. The first kappa shape index (κ1) is 9.76. The average Bonchev–Trinajstić information content (AvgIpc) is 2.88. The molecule has 15 heavy (non-hydrogen) atoms. The molecule has 0 spiro atoms. The third-order valence-electron chi connectivity index (χ3n) is 2.63. The van der Waals surface area contributed by atoms with Crippen molar-refractivity contribution >= 4 is 11.9 Å². The molecule has 0 bridgehead atoms. The van der Waals surface area contributed by atoms with Gasteiger partial charge in [0.25, 0.3) is 5.91 Å². The number of carboxylic acid groups (broad SMARTS) is 1. The van der Waals surface area contributed by atoms with Crippen LogP contribution >= 0.6 is 0 Å². The molecule has 1 atom stereocenters. The van der Waals surface area contributed by atoms with E-state index in [1.807, 2.05) is 0 Å². The zero-order valence-corrected chi connectivity index (χ0v) is 8.14. The number of nitrogens with one attached hydrogen (secondary N) is 1. The van der Waals surface area contributed by atoms with Crippen LogP contribution in [0.1, 0.15) is 23.3 Å². The summed E-state index contributed by atoms with van der Waals surface area (Å²) in [4.78, 5) is 26.9. The predicted octanol–water partition coefficient (Wildman–Crippen LogP) is 0.704. The van der Waals surface area contributed by atoms with Gasteiger partial charge in [0.2, 0.25) is 0 Å². The van der Waals surface area contributed by atoms with Crippen LogP contribution in [-0.4, -0.2) is 39.5 Å². The van der Waals surface area contributed by atoms with Crippen molar-refractivity contribution in [2.45, 2.75) is 18.9 Å². The largest absolute Gasteiger partial charge is 0.480 e. The zero-order chi connectivity index (χ0) is 10.8. The fraction of sp³-hybridized carbons (Fsp3) is 0.400. The van der Waals surface area contributed by atoms with E-state index < -0.39 is 12.0 Å². The Morgan fingerprint density at radius 1 is 1.53 bits per heavy atom. The Bertz CT molecular complexity index is 372. The van der Waals surface area contributed by atoms with Crippen LogP contribution in [0.15, 0.2) is 18.3 Å². The molecule has 1 amide bonds. The molecule has 2 rings (SSSR count). The van der Waals surface area contributed by atoms with Gasteiger partial charge in [0.05, 0.1) is 0 Å². The predicted molar refractivity (Wildman–Crippen MR) is 52.5 cm³/mol. The topological polar surface area (TPSA) is 73.4 Å². The molecule has 2 heterocycles. The van der Waals surface area contributed by atoms with E-state index in [0.717, 1.165) is 6.42 Å². The first-order valence-electron chi connectivity index (χ1n) is 4.87. The van der Waals surface area contributed by atoms with Gasteiger partial charge in [-0.1, -0.05) is 0 Å². The van der Waals surface area contributed by atoms with E-state index in [4.69, 9.17) is 5.11 Å². The van der Waals surface area contributed by atoms with Crippen LogP contribution in [0.3, 0.4) is 0 Å². The van der Waals surface area contributed by atoms with Gasteiger partial charge in [0.15, 0.2) is 0 Å². The normalized spacial score (nSPS) is 20.5. The van der Waals surface area contributed by atoms with Crippen molar-refractivity contribution < 1.29 is 14.7 Å². The summed E-state index contributed by atoms with van der Waals surface area (Å²) in [6, 6.07) is 2.71. The van der Waals surface area contributed by atoms with Gasteiger partial charge in [0.1, 0.15) is 11.7 Å². The third-order valence-corrected chi connectivity index (χ3v) is 2.63. The standard InChI is InChI=1S/C10H12N2O3/c13-9(7-3-1-5-11-7)12-6-2-4-8(12)10(14)15/h1,3,5,8,11H,2,4,6H2,(H,14,15). The molecule has 2 N–H and O–H groups in total. The summed E-state index contributed by atoms with van der Waals surface area (Å²) in [7, 11) is 0. The minimum Gasteiger partial charge on any atom is -0.480 e. The Hall–Kier alpha value is -1.78. The maximum Gasteiger partial charge on any atom is 0.326 e. The van der Waals surface area contributed by atoms with E-state index in [2.05, 4.69) is 4.98 Å². The monoisotopic (exact) mass is 208 g/mol. The van der Waals surface area contributed by atoms with Gasteiger partial charge in [-0.3, -0.25) is 4.79 Å². The summed E-state index contributed by atoms with van der Waals surface area (Å²) in [6.07, 6.45) is 2.95. The van der Waals surface area contributed by atoms with Crippen molar-refractivity contribution in [3.63, 3.8) is 0 Å². The molecular weight excluding hydrogens is 196 g/mol. The molecular formula is C10H12N2O3. The highest BCUT2D eigenvalue weighted by Gasteiger charge is 2.34. The summed E-state index contributed by atoms with van der Waals surface area (Å²) in [5, 5.41) is 8.93. The maximum absolute atomic E-state index is 11.9. The fourth-order valence-electron chi connectivity index (χ4n) is 1.88. The Balaban J connectivity index is 2.17. The van der Waals surface area contributed by atoms with E-state index in [-0.39, 0.29) is 5.91 Å². The van der Waals surface area contributed by atoms with Crippen molar-refractivity contribution in [1.29, 1.82) is 0 Å². The van der Waals surface area contributed by atoms with E-state index in [1.165, 1.54) is 4.90 Å². The van der Waals surface area contributed by atoms with Crippen molar-refractivity contribution in [2.75, 3.05) is 6.54 Å². The van der Waals surface area contributed by atoms with E-state index in [0.29, 0.717) is 18.7 Å². The van der Waals surface area contributed by atoms with Crippen LogP contribution in [0.25, 0.3) is 0 Å². The lowest BCUT2D eigenvalue weighted by atomic mass is 10.2. The molecule has 0 aliphatic carbocycles. The van der Waals surface area contributed by atoms with E-state index in [9.17, 15) is 9.59 Å². The van der Waals surface area contributed by atoms with Crippen LogP contribution in [0, 0.1) is 0 Å². The number of aliphatic carboxylic acids is 1.